The largest absolute Gasteiger partial charge is 0.372 e. The highest BCUT2D eigenvalue weighted by Gasteiger charge is 2.32. The number of carbonyl (C=O) groups is 2. The Bertz CT molecular complexity index is 354. The van der Waals surface area contributed by atoms with Gasteiger partial charge in [0.1, 0.15) is 6.61 Å². The molecular formula is C14H25N3O3. The molecule has 1 atom stereocenters. The minimum atomic E-state index is 0.0287. The van der Waals surface area contributed by atoms with Gasteiger partial charge in [0.15, 0.2) is 0 Å². The molecule has 6 heteroatoms. The van der Waals surface area contributed by atoms with Gasteiger partial charge in [-0.3, -0.25) is 9.59 Å². The molecule has 2 aliphatic rings. The third-order valence-electron chi connectivity index (χ3n) is 4.16. The van der Waals surface area contributed by atoms with E-state index in [-0.39, 0.29) is 30.4 Å². The third kappa shape index (κ3) is 3.70. The number of nitrogens with two attached hydrogens (primary N) is 1. The second kappa shape index (κ2) is 7.04. The maximum atomic E-state index is 12.3. The Morgan fingerprint density at radius 1 is 1.15 bits per heavy atom. The molecule has 2 heterocycles. The summed E-state index contributed by atoms with van der Waals surface area (Å²) in [6.45, 7) is 5.35. The van der Waals surface area contributed by atoms with Gasteiger partial charge in [0.05, 0.1) is 0 Å². The predicted molar refractivity (Wildman–Crippen MR) is 75.0 cm³/mol. The molecule has 2 amide bonds. The normalized spacial score (nSPS) is 24.2. The average molecular weight is 283 g/mol. The topological polar surface area (TPSA) is 75.9 Å². The van der Waals surface area contributed by atoms with E-state index in [1.807, 2.05) is 11.8 Å². The van der Waals surface area contributed by atoms with Gasteiger partial charge in [-0.15, -0.1) is 0 Å². The van der Waals surface area contributed by atoms with Gasteiger partial charge in [-0.2, -0.15) is 0 Å². The lowest BCUT2D eigenvalue weighted by Gasteiger charge is -2.33. The fraction of sp³-hybridized carbons (Fsp3) is 0.857. The summed E-state index contributed by atoms with van der Waals surface area (Å²) in [5, 5.41) is 0. The average Bonchev–Trinajstić information content (AvgIpc) is 2.90. The van der Waals surface area contributed by atoms with Crippen molar-refractivity contribution in [3.8, 4) is 0 Å². The molecule has 0 radical (unpaired) electrons. The monoisotopic (exact) mass is 283 g/mol. The van der Waals surface area contributed by atoms with Crippen LogP contribution in [0, 0.1) is 5.92 Å². The van der Waals surface area contributed by atoms with Crippen LogP contribution < -0.4 is 5.73 Å². The standard InChI is InChI=1S/C14H25N3O3/c1-2-20-10-13(18)16-6-3-11(4-7-16)14(19)17-8-5-12(15)9-17/h11-12H,2-10,15H2,1H3/t12-/m1/s1. The number of hydrogen-bond acceptors (Lipinski definition) is 4. The zero-order valence-electron chi connectivity index (χ0n) is 12.2. The number of ether oxygens (including phenoxy) is 1. The molecule has 0 saturated carbocycles. The van der Waals surface area contributed by atoms with Crippen molar-refractivity contribution < 1.29 is 14.3 Å². The van der Waals surface area contributed by atoms with E-state index in [2.05, 4.69) is 0 Å². The number of amides is 2. The van der Waals surface area contributed by atoms with E-state index in [9.17, 15) is 9.59 Å². The molecule has 114 valence electrons. The van der Waals surface area contributed by atoms with Crippen LogP contribution in [0.5, 0.6) is 0 Å². The van der Waals surface area contributed by atoms with Crippen molar-refractivity contribution in [2.45, 2.75) is 32.2 Å². The van der Waals surface area contributed by atoms with Gasteiger partial charge >= 0.3 is 0 Å². The lowest BCUT2D eigenvalue weighted by molar-refractivity contribution is -0.142. The molecule has 0 aromatic rings. The van der Waals surface area contributed by atoms with Crippen LogP contribution in [0.1, 0.15) is 26.2 Å². The van der Waals surface area contributed by atoms with E-state index in [1.54, 1.807) is 4.90 Å². The second-order valence-electron chi connectivity index (χ2n) is 5.63. The Morgan fingerprint density at radius 2 is 1.80 bits per heavy atom. The fourth-order valence-corrected chi connectivity index (χ4v) is 2.90. The highest BCUT2D eigenvalue weighted by molar-refractivity contribution is 5.80. The SMILES string of the molecule is CCOCC(=O)N1CCC(C(=O)N2CC[C@@H](N)C2)CC1. The van der Waals surface area contributed by atoms with Crippen LogP contribution in [-0.4, -0.2) is 67.0 Å². The number of rotatable bonds is 4. The van der Waals surface area contributed by atoms with Crippen LogP contribution >= 0.6 is 0 Å². The van der Waals surface area contributed by atoms with Crippen LogP contribution in [0.3, 0.4) is 0 Å². The smallest absolute Gasteiger partial charge is 0.248 e. The molecular weight excluding hydrogens is 258 g/mol. The highest BCUT2D eigenvalue weighted by atomic mass is 16.5. The molecule has 0 aliphatic carbocycles. The molecule has 2 N–H and O–H groups in total. The summed E-state index contributed by atoms with van der Waals surface area (Å²) >= 11 is 0. The van der Waals surface area contributed by atoms with Crippen molar-refractivity contribution in [3.63, 3.8) is 0 Å². The fourth-order valence-electron chi connectivity index (χ4n) is 2.90. The van der Waals surface area contributed by atoms with Crippen molar-refractivity contribution in [2.75, 3.05) is 39.4 Å². The maximum absolute atomic E-state index is 12.3. The van der Waals surface area contributed by atoms with Gasteiger partial charge in [0.2, 0.25) is 11.8 Å². The molecule has 0 aromatic heterocycles. The molecule has 0 unspecified atom stereocenters. The summed E-state index contributed by atoms with van der Waals surface area (Å²) < 4.78 is 5.14. The first-order valence-corrected chi connectivity index (χ1v) is 7.51. The van der Waals surface area contributed by atoms with Gasteiger partial charge < -0.3 is 20.3 Å². The van der Waals surface area contributed by atoms with Crippen molar-refractivity contribution in [2.24, 2.45) is 11.7 Å². The van der Waals surface area contributed by atoms with Gasteiger partial charge in [0, 0.05) is 44.7 Å². The van der Waals surface area contributed by atoms with E-state index in [0.717, 1.165) is 25.8 Å². The van der Waals surface area contributed by atoms with Gasteiger partial charge in [-0.1, -0.05) is 0 Å². The van der Waals surface area contributed by atoms with Crippen LogP contribution in [0.4, 0.5) is 0 Å². The van der Waals surface area contributed by atoms with Crippen LogP contribution in [-0.2, 0) is 14.3 Å². The summed E-state index contributed by atoms with van der Waals surface area (Å²) in [5.41, 5.74) is 5.84. The Morgan fingerprint density at radius 3 is 2.35 bits per heavy atom. The zero-order chi connectivity index (χ0) is 14.5. The van der Waals surface area contributed by atoms with Crippen molar-refractivity contribution in [1.29, 1.82) is 0 Å². The van der Waals surface area contributed by atoms with Gasteiger partial charge in [-0.25, -0.2) is 0 Å². The predicted octanol–water partition coefficient (Wildman–Crippen LogP) is -0.179. The molecule has 2 fully saturated rings. The van der Waals surface area contributed by atoms with Crippen molar-refractivity contribution >= 4 is 11.8 Å². The van der Waals surface area contributed by atoms with E-state index >= 15 is 0 Å². The van der Waals surface area contributed by atoms with Crippen molar-refractivity contribution in [1.82, 2.24) is 9.80 Å². The van der Waals surface area contributed by atoms with E-state index in [4.69, 9.17) is 10.5 Å². The summed E-state index contributed by atoms with van der Waals surface area (Å²) in [6.07, 6.45) is 2.41. The minimum absolute atomic E-state index is 0.0287. The van der Waals surface area contributed by atoms with Gasteiger partial charge in [0.25, 0.3) is 0 Å². The highest BCUT2D eigenvalue weighted by Crippen LogP contribution is 2.21. The summed E-state index contributed by atoms with van der Waals surface area (Å²) in [6, 6.07) is 0.131. The second-order valence-corrected chi connectivity index (χ2v) is 5.63. The van der Waals surface area contributed by atoms with E-state index < -0.39 is 0 Å². The minimum Gasteiger partial charge on any atom is -0.372 e. The Hall–Kier alpha value is -1.14. The van der Waals surface area contributed by atoms with Crippen LogP contribution in [0.15, 0.2) is 0 Å². The molecule has 0 spiro atoms. The molecule has 2 rings (SSSR count). The lowest BCUT2D eigenvalue weighted by Crippen LogP contribution is -2.45. The quantitative estimate of drug-likeness (QED) is 0.776. The zero-order valence-corrected chi connectivity index (χ0v) is 12.2. The molecule has 20 heavy (non-hydrogen) atoms. The van der Waals surface area contributed by atoms with E-state index in [1.165, 1.54) is 0 Å². The Balaban J connectivity index is 1.76. The summed E-state index contributed by atoms with van der Waals surface area (Å²) in [5.74, 6) is 0.298. The Labute approximate surface area is 120 Å². The number of piperidine rings is 1. The molecule has 2 saturated heterocycles. The van der Waals surface area contributed by atoms with Crippen LogP contribution in [0.2, 0.25) is 0 Å². The molecule has 0 bridgehead atoms. The lowest BCUT2D eigenvalue weighted by atomic mass is 9.95. The number of likely N-dealkylation sites (tertiary alicyclic amines) is 2. The maximum Gasteiger partial charge on any atom is 0.248 e. The third-order valence-corrected chi connectivity index (χ3v) is 4.16. The summed E-state index contributed by atoms with van der Waals surface area (Å²) in [7, 11) is 0. The first kappa shape index (κ1) is 15.3. The molecule has 0 aromatic carbocycles. The molecule has 2 aliphatic heterocycles. The molecule has 6 nitrogen and oxygen atoms in total. The Kier molecular flexibility index (Phi) is 5.37. The number of nitrogens with zero attached hydrogens (tertiary/aromatic N) is 2. The summed E-state index contributed by atoms with van der Waals surface area (Å²) in [4.78, 5) is 27.8. The van der Waals surface area contributed by atoms with Crippen LogP contribution in [0.25, 0.3) is 0 Å². The van der Waals surface area contributed by atoms with Gasteiger partial charge in [-0.05, 0) is 26.2 Å². The van der Waals surface area contributed by atoms with E-state index in [0.29, 0.717) is 26.2 Å². The number of carbonyl (C=O) groups excluding carboxylic acids is 2. The van der Waals surface area contributed by atoms with Crippen molar-refractivity contribution in [3.05, 3.63) is 0 Å². The first-order chi connectivity index (χ1) is 9.61. The first-order valence-electron chi connectivity index (χ1n) is 7.51. The number of hydrogen-bond donors (Lipinski definition) is 1.